The highest BCUT2D eigenvalue weighted by Gasteiger charge is 2.12. The monoisotopic (exact) mass is 341 g/mol. The summed E-state index contributed by atoms with van der Waals surface area (Å²) in [6, 6.07) is 14.7. The van der Waals surface area contributed by atoms with Crippen LogP contribution in [-0.4, -0.2) is 18.6 Å². The smallest absolute Gasteiger partial charge is 0.259 e. The molecule has 0 unspecified atom stereocenters. The predicted octanol–water partition coefficient (Wildman–Crippen LogP) is 5.30. The molecule has 0 atom stereocenters. The highest BCUT2D eigenvalue weighted by molar-refractivity contribution is 6.06. The minimum atomic E-state index is -0.187. The molecule has 2 aromatic rings. The van der Waals surface area contributed by atoms with Crippen molar-refractivity contribution >= 4 is 11.6 Å². The van der Waals surface area contributed by atoms with Crippen molar-refractivity contribution < 1.29 is 14.3 Å². The molecule has 0 saturated carbocycles. The van der Waals surface area contributed by atoms with Gasteiger partial charge < -0.3 is 14.8 Å². The van der Waals surface area contributed by atoms with Gasteiger partial charge in [-0.3, -0.25) is 4.79 Å². The number of hydrogen-bond acceptors (Lipinski definition) is 3. The van der Waals surface area contributed by atoms with E-state index in [2.05, 4.69) is 12.2 Å². The zero-order valence-corrected chi connectivity index (χ0v) is 15.2. The maximum atomic E-state index is 12.6. The number of amides is 1. The third-order valence-electron chi connectivity index (χ3n) is 3.60. The van der Waals surface area contributed by atoms with Crippen LogP contribution in [0.5, 0.6) is 11.5 Å². The second-order valence-electron chi connectivity index (χ2n) is 6.20. The van der Waals surface area contributed by atoms with Gasteiger partial charge in [0.2, 0.25) is 0 Å². The molecular weight excluding hydrogens is 314 g/mol. The average Bonchev–Trinajstić information content (AvgIpc) is 2.59. The number of anilines is 1. The molecular formula is C21H27NO3. The summed E-state index contributed by atoms with van der Waals surface area (Å²) < 4.78 is 11.5. The molecule has 1 amide bonds. The minimum absolute atomic E-state index is 0.0863. The summed E-state index contributed by atoms with van der Waals surface area (Å²) in [5, 5.41) is 2.91. The van der Waals surface area contributed by atoms with Crippen LogP contribution in [0, 0.1) is 0 Å². The molecule has 0 fully saturated rings. The highest BCUT2D eigenvalue weighted by Crippen LogP contribution is 2.22. The fraction of sp³-hybridized carbons (Fsp3) is 0.381. The Kier molecular flexibility index (Phi) is 7.33. The van der Waals surface area contributed by atoms with Gasteiger partial charge in [-0.25, -0.2) is 0 Å². The summed E-state index contributed by atoms with van der Waals surface area (Å²) in [6.45, 7) is 6.71. The van der Waals surface area contributed by atoms with Gasteiger partial charge in [0.1, 0.15) is 11.5 Å². The zero-order chi connectivity index (χ0) is 18.1. The normalized spacial score (nSPS) is 10.6. The number of hydrogen-bond donors (Lipinski definition) is 1. The Morgan fingerprint density at radius 1 is 1.08 bits per heavy atom. The fourth-order valence-corrected chi connectivity index (χ4v) is 2.43. The molecule has 0 spiro atoms. The lowest BCUT2D eigenvalue weighted by atomic mass is 10.1. The maximum Gasteiger partial charge on any atom is 0.259 e. The fourth-order valence-electron chi connectivity index (χ4n) is 2.43. The van der Waals surface area contributed by atoms with Gasteiger partial charge in [-0.1, -0.05) is 38.0 Å². The lowest BCUT2D eigenvalue weighted by molar-refractivity contribution is 0.102. The van der Waals surface area contributed by atoms with Crippen molar-refractivity contribution in [3.63, 3.8) is 0 Å². The average molecular weight is 341 g/mol. The number of benzene rings is 2. The third-order valence-corrected chi connectivity index (χ3v) is 3.60. The van der Waals surface area contributed by atoms with Crippen LogP contribution < -0.4 is 14.8 Å². The van der Waals surface area contributed by atoms with Crippen LogP contribution in [0.3, 0.4) is 0 Å². The first-order chi connectivity index (χ1) is 12.1. The zero-order valence-electron chi connectivity index (χ0n) is 15.2. The molecule has 0 saturated heterocycles. The van der Waals surface area contributed by atoms with Crippen LogP contribution in [0.15, 0.2) is 48.5 Å². The second-order valence-corrected chi connectivity index (χ2v) is 6.20. The number of para-hydroxylation sites is 1. The first-order valence-corrected chi connectivity index (χ1v) is 8.90. The molecule has 0 bridgehead atoms. The number of unbranched alkanes of at least 4 members (excludes halogenated alkanes) is 2. The largest absolute Gasteiger partial charge is 0.493 e. The number of nitrogens with one attached hydrogen (secondary N) is 1. The lowest BCUT2D eigenvalue weighted by Gasteiger charge is -2.13. The lowest BCUT2D eigenvalue weighted by Crippen LogP contribution is -2.14. The molecule has 0 aliphatic heterocycles. The van der Waals surface area contributed by atoms with Crippen LogP contribution in [0.1, 0.15) is 50.4 Å². The number of carbonyl (C=O) groups excluding carboxylic acids is 1. The van der Waals surface area contributed by atoms with Crippen molar-refractivity contribution in [1.82, 2.24) is 0 Å². The van der Waals surface area contributed by atoms with Crippen LogP contribution in [0.4, 0.5) is 5.69 Å². The molecule has 0 heterocycles. The maximum absolute atomic E-state index is 12.6. The van der Waals surface area contributed by atoms with Crippen molar-refractivity contribution in [3.05, 3.63) is 54.1 Å². The Hall–Kier alpha value is -2.49. The van der Waals surface area contributed by atoms with Gasteiger partial charge in [0, 0.05) is 11.8 Å². The third kappa shape index (κ3) is 6.14. The van der Waals surface area contributed by atoms with Gasteiger partial charge in [-0.2, -0.15) is 0 Å². The molecule has 1 N–H and O–H groups in total. The van der Waals surface area contributed by atoms with E-state index in [0.29, 0.717) is 23.6 Å². The molecule has 0 aliphatic rings. The predicted molar refractivity (Wildman–Crippen MR) is 102 cm³/mol. The standard InChI is InChI=1S/C21H27NO3/c1-4-5-8-14-24-20-13-7-6-12-19(20)21(23)22-17-10-9-11-18(15-17)25-16(2)3/h6-7,9-13,15-16H,4-5,8,14H2,1-3H3,(H,22,23). The summed E-state index contributed by atoms with van der Waals surface area (Å²) >= 11 is 0. The molecule has 2 aromatic carbocycles. The molecule has 0 radical (unpaired) electrons. The van der Waals surface area contributed by atoms with E-state index in [9.17, 15) is 4.79 Å². The molecule has 4 nitrogen and oxygen atoms in total. The first-order valence-electron chi connectivity index (χ1n) is 8.90. The molecule has 25 heavy (non-hydrogen) atoms. The van der Waals surface area contributed by atoms with Crippen molar-refractivity contribution in [3.8, 4) is 11.5 Å². The first kappa shape index (κ1) is 18.8. The van der Waals surface area contributed by atoms with E-state index in [1.165, 1.54) is 0 Å². The van der Waals surface area contributed by atoms with Crippen LogP contribution in [-0.2, 0) is 0 Å². The van der Waals surface area contributed by atoms with Gasteiger partial charge in [0.25, 0.3) is 5.91 Å². The Bertz CT molecular complexity index is 682. The quantitative estimate of drug-likeness (QED) is 0.630. The van der Waals surface area contributed by atoms with Crippen LogP contribution in [0.25, 0.3) is 0 Å². The van der Waals surface area contributed by atoms with Gasteiger partial charge in [0.05, 0.1) is 18.3 Å². The van der Waals surface area contributed by atoms with Crippen molar-refractivity contribution in [2.75, 3.05) is 11.9 Å². The molecule has 134 valence electrons. The number of carbonyl (C=O) groups is 1. The van der Waals surface area contributed by atoms with Gasteiger partial charge in [-0.15, -0.1) is 0 Å². The van der Waals surface area contributed by atoms with E-state index in [1.54, 1.807) is 6.07 Å². The van der Waals surface area contributed by atoms with E-state index in [4.69, 9.17) is 9.47 Å². The van der Waals surface area contributed by atoms with Gasteiger partial charge >= 0.3 is 0 Å². The van der Waals surface area contributed by atoms with Crippen molar-refractivity contribution in [2.45, 2.75) is 46.1 Å². The Labute approximate surface area is 150 Å². The van der Waals surface area contributed by atoms with Crippen LogP contribution in [0.2, 0.25) is 0 Å². The summed E-state index contributed by atoms with van der Waals surface area (Å²) in [5.41, 5.74) is 1.23. The topological polar surface area (TPSA) is 47.6 Å². The summed E-state index contributed by atoms with van der Waals surface area (Å²) in [6.07, 6.45) is 3.33. The van der Waals surface area contributed by atoms with Crippen LogP contribution >= 0.6 is 0 Å². The molecule has 0 aliphatic carbocycles. The number of ether oxygens (including phenoxy) is 2. The van der Waals surface area contributed by atoms with E-state index >= 15 is 0 Å². The Morgan fingerprint density at radius 3 is 2.64 bits per heavy atom. The summed E-state index contributed by atoms with van der Waals surface area (Å²) in [7, 11) is 0. The molecule has 4 heteroatoms. The molecule has 0 aromatic heterocycles. The van der Waals surface area contributed by atoms with E-state index in [0.717, 1.165) is 25.0 Å². The summed E-state index contributed by atoms with van der Waals surface area (Å²) in [4.78, 5) is 12.6. The van der Waals surface area contributed by atoms with E-state index in [1.807, 2.05) is 56.3 Å². The second kappa shape index (κ2) is 9.72. The minimum Gasteiger partial charge on any atom is -0.493 e. The molecule has 2 rings (SSSR count). The van der Waals surface area contributed by atoms with Gasteiger partial charge in [0.15, 0.2) is 0 Å². The Morgan fingerprint density at radius 2 is 1.88 bits per heavy atom. The van der Waals surface area contributed by atoms with E-state index in [-0.39, 0.29) is 12.0 Å². The highest BCUT2D eigenvalue weighted by atomic mass is 16.5. The van der Waals surface area contributed by atoms with Crippen molar-refractivity contribution in [1.29, 1.82) is 0 Å². The SMILES string of the molecule is CCCCCOc1ccccc1C(=O)Nc1cccc(OC(C)C)c1. The summed E-state index contributed by atoms with van der Waals surface area (Å²) in [5.74, 6) is 1.16. The van der Waals surface area contributed by atoms with E-state index < -0.39 is 0 Å². The van der Waals surface area contributed by atoms with Gasteiger partial charge in [-0.05, 0) is 44.5 Å². The number of rotatable bonds is 9. The van der Waals surface area contributed by atoms with Crippen molar-refractivity contribution in [2.24, 2.45) is 0 Å². The Balaban J connectivity index is 2.05.